The molecule has 0 saturated carbocycles. The number of aromatic nitrogens is 1. The predicted molar refractivity (Wildman–Crippen MR) is 122 cm³/mol. The first kappa shape index (κ1) is 21.9. The molecule has 0 spiro atoms. The van der Waals surface area contributed by atoms with Crippen molar-refractivity contribution in [2.75, 3.05) is 17.7 Å². The molecule has 1 amide bonds. The summed E-state index contributed by atoms with van der Waals surface area (Å²) in [5, 5.41) is 4.50. The van der Waals surface area contributed by atoms with E-state index >= 15 is 0 Å². The van der Waals surface area contributed by atoms with Crippen molar-refractivity contribution < 1.29 is 23.9 Å². The molecule has 4 rings (SSSR count). The van der Waals surface area contributed by atoms with Gasteiger partial charge >= 0.3 is 5.97 Å². The van der Waals surface area contributed by atoms with E-state index in [-0.39, 0.29) is 46.7 Å². The molecule has 7 nitrogen and oxygen atoms in total. The second-order valence-corrected chi connectivity index (χ2v) is 8.94. The van der Waals surface area contributed by atoms with Gasteiger partial charge in [0.15, 0.2) is 15.9 Å². The third-order valence-corrected chi connectivity index (χ3v) is 6.78. The molecule has 162 valence electrons. The molecular weight excluding hydrogens is 448 g/mol. The van der Waals surface area contributed by atoms with Crippen LogP contribution in [0.25, 0.3) is 0 Å². The molecule has 0 bridgehead atoms. The first-order valence-corrected chi connectivity index (χ1v) is 11.7. The van der Waals surface area contributed by atoms with Gasteiger partial charge in [0.2, 0.25) is 5.91 Å². The number of thiazole rings is 1. The average Bonchev–Trinajstić information content (AvgIpc) is 3.23. The number of ether oxygens (including phenoxy) is 1. The summed E-state index contributed by atoms with van der Waals surface area (Å²) < 4.78 is 5.55. The second-order valence-electron chi connectivity index (χ2n) is 6.86. The number of carbonyl (C=O) groups is 4. The lowest BCUT2D eigenvalue weighted by Crippen LogP contribution is -2.24. The fourth-order valence-electron chi connectivity index (χ4n) is 3.36. The fraction of sp³-hybridized carbons (Fsp3) is 0.174. The van der Waals surface area contributed by atoms with Crippen molar-refractivity contribution in [3.05, 3.63) is 75.8 Å². The highest BCUT2D eigenvalue weighted by Gasteiger charge is 2.31. The maximum atomic E-state index is 13.0. The first-order valence-electron chi connectivity index (χ1n) is 9.82. The van der Waals surface area contributed by atoms with Crippen molar-refractivity contribution in [1.29, 1.82) is 0 Å². The van der Waals surface area contributed by atoms with Crippen LogP contribution in [0.5, 0.6) is 0 Å². The summed E-state index contributed by atoms with van der Waals surface area (Å²) in [5.41, 5.74) is 2.09. The highest BCUT2D eigenvalue weighted by molar-refractivity contribution is 8.01. The minimum atomic E-state index is -0.346. The second kappa shape index (κ2) is 9.46. The summed E-state index contributed by atoms with van der Waals surface area (Å²) in [6, 6.07) is 11.5. The lowest BCUT2D eigenvalue weighted by atomic mass is 9.83. The van der Waals surface area contributed by atoms with Crippen molar-refractivity contribution in [3.63, 3.8) is 0 Å². The molecular formula is C23H18N2O5S2. The predicted octanol–water partition coefficient (Wildman–Crippen LogP) is 3.75. The highest BCUT2D eigenvalue weighted by Crippen LogP contribution is 2.32. The molecule has 1 aliphatic carbocycles. The summed E-state index contributed by atoms with van der Waals surface area (Å²) in [4.78, 5) is 54.3. The Balaban J connectivity index is 1.44. The van der Waals surface area contributed by atoms with Crippen LogP contribution in [0, 0.1) is 0 Å². The number of hydrogen-bond acceptors (Lipinski definition) is 8. The third-order valence-electron chi connectivity index (χ3n) is 4.71. The Morgan fingerprint density at radius 1 is 1.03 bits per heavy atom. The number of amides is 1. The van der Waals surface area contributed by atoms with Crippen molar-refractivity contribution in [2.24, 2.45) is 0 Å². The number of benzene rings is 2. The molecule has 0 radical (unpaired) electrons. The fourth-order valence-corrected chi connectivity index (χ4v) is 5.00. The van der Waals surface area contributed by atoms with E-state index in [1.165, 1.54) is 23.1 Å². The van der Waals surface area contributed by atoms with E-state index in [0.29, 0.717) is 33.5 Å². The van der Waals surface area contributed by atoms with Gasteiger partial charge in [0.25, 0.3) is 0 Å². The van der Waals surface area contributed by atoms with Crippen molar-refractivity contribution in [1.82, 2.24) is 4.98 Å². The van der Waals surface area contributed by atoms with Crippen LogP contribution >= 0.6 is 23.1 Å². The summed E-state index contributed by atoms with van der Waals surface area (Å²) in [6.07, 6.45) is 0.0882. The van der Waals surface area contributed by atoms with Gasteiger partial charge in [-0.25, -0.2) is 4.98 Å². The molecule has 32 heavy (non-hydrogen) atoms. The van der Waals surface area contributed by atoms with Gasteiger partial charge in [-0.15, -0.1) is 11.3 Å². The van der Waals surface area contributed by atoms with E-state index in [1.807, 2.05) is 0 Å². The first-order chi connectivity index (χ1) is 15.5. The smallest absolute Gasteiger partial charge is 0.311 e. The molecule has 0 aliphatic heterocycles. The van der Waals surface area contributed by atoms with Gasteiger partial charge in [0.1, 0.15) is 0 Å². The molecule has 1 aromatic heterocycles. The SMILES string of the molecule is CCOC(=O)Cc1csc(SCC(=O)Nc2cccc3c2C(=O)c2ccccc2C3=O)n1. The minimum absolute atomic E-state index is 0.0642. The Labute approximate surface area is 192 Å². The lowest BCUT2D eigenvalue weighted by Gasteiger charge is -2.20. The largest absolute Gasteiger partial charge is 0.466 e. The normalized spacial score (nSPS) is 12.2. The van der Waals surface area contributed by atoms with E-state index in [9.17, 15) is 19.2 Å². The number of hydrogen-bond donors (Lipinski definition) is 1. The van der Waals surface area contributed by atoms with E-state index in [4.69, 9.17) is 4.74 Å². The number of nitrogens with one attached hydrogen (secondary N) is 1. The van der Waals surface area contributed by atoms with Crippen molar-refractivity contribution >= 4 is 52.2 Å². The number of anilines is 1. The summed E-state index contributed by atoms with van der Waals surface area (Å²) in [6.45, 7) is 2.05. The molecule has 1 N–H and O–H groups in total. The van der Waals surface area contributed by atoms with E-state index in [0.717, 1.165) is 0 Å². The molecule has 3 aromatic rings. The van der Waals surface area contributed by atoms with Crippen LogP contribution < -0.4 is 5.32 Å². The zero-order valence-electron chi connectivity index (χ0n) is 17.0. The van der Waals surface area contributed by atoms with Crippen LogP contribution in [0.4, 0.5) is 5.69 Å². The summed E-state index contributed by atoms with van der Waals surface area (Å²) >= 11 is 2.57. The molecule has 9 heteroatoms. The van der Waals surface area contributed by atoms with Gasteiger partial charge in [-0.3, -0.25) is 19.2 Å². The van der Waals surface area contributed by atoms with Crippen LogP contribution in [0.3, 0.4) is 0 Å². The standard InChI is InChI=1S/C23H18N2O5S2/c1-2-30-19(27)10-13-11-31-23(24-13)32-12-18(26)25-17-9-5-8-16-20(17)22(29)15-7-4-3-6-14(15)21(16)28/h3-9,11H,2,10,12H2,1H3,(H,25,26). The molecule has 0 unspecified atom stereocenters. The van der Waals surface area contributed by atoms with E-state index in [2.05, 4.69) is 10.3 Å². The number of carbonyl (C=O) groups excluding carboxylic acids is 4. The van der Waals surface area contributed by atoms with E-state index in [1.54, 1.807) is 54.8 Å². The Kier molecular flexibility index (Phi) is 6.48. The molecule has 1 heterocycles. The number of rotatable bonds is 7. The number of fused-ring (bicyclic) bond motifs is 2. The Morgan fingerprint density at radius 2 is 1.75 bits per heavy atom. The van der Waals surface area contributed by atoms with E-state index < -0.39 is 0 Å². The Hall–Kier alpha value is -3.30. The quantitative estimate of drug-likeness (QED) is 0.327. The number of thioether (sulfide) groups is 1. The van der Waals surface area contributed by atoms with Gasteiger partial charge in [0.05, 0.1) is 35.7 Å². The van der Waals surface area contributed by atoms with Crippen molar-refractivity contribution in [3.8, 4) is 0 Å². The van der Waals surface area contributed by atoms with Gasteiger partial charge in [-0.05, 0) is 13.0 Å². The Bertz CT molecular complexity index is 1230. The van der Waals surface area contributed by atoms with Crippen LogP contribution in [-0.4, -0.2) is 40.8 Å². The number of nitrogens with zero attached hydrogens (tertiary/aromatic N) is 1. The maximum absolute atomic E-state index is 13.0. The van der Waals surface area contributed by atoms with Crippen LogP contribution in [0.1, 0.15) is 44.5 Å². The highest BCUT2D eigenvalue weighted by atomic mass is 32.2. The topological polar surface area (TPSA) is 102 Å². The summed E-state index contributed by atoms with van der Waals surface area (Å²) in [5.74, 6) is -1.14. The molecule has 2 aromatic carbocycles. The monoisotopic (exact) mass is 466 g/mol. The third kappa shape index (κ3) is 4.49. The van der Waals surface area contributed by atoms with Crippen LogP contribution in [-0.2, 0) is 20.7 Å². The Morgan fingerprint density at radius 3 is 2.50 bits per heavy atom. The minimum Gasteiger partial charge on any atom is -0.466 e. The van der Waals surface area contributed by atoms with Gasteiger partial charge in [-0.2, -0.15) is 0 Å². The van der Waals surface area contributed by atoms with Gasteiger partial charge in [0, 0.05) is 22.1 Å². The van der Waals surface area contributed by atoms with Gasteiger partial charge < -0.3 is 10.1 Å². The van der Waals surface area contributed by atoms with Gasteiger partial charge in [-0.1, -0.05) is 48.2 Å². The molecule has 1 aliphatic rings. The summed E-state index contributed by atoms with van der Waals surface area (Å²) in [7, 11) is 0. The molecule has 0 saturated heterocycles. The van der Waals surface area contributed by atoms with Crippen LogP contribution in [0.2, 0.25) is 0 Å². The molecule has 0 fully saturated rings. The zero-order valence-corrected chi connectivity index (χ0v) is 18.7. The van der Waals surface area contributed by atoms with Crippen LogP contribution in [0.15, 0.2) is 52.2 Å². The zero-order chi connectivity index (χ0) is 22.7. The molecule has 0 atom stereocenters. The maximum Gasteiger partial charge on any atom is 0.311 e. The average molecular weight is 467 g/mol. The lowest BCUT2D eigenvalue weighted by molar-refractivity contribution is -0.142. The number of esters is 1. The van der Waals surface area contributed by atoms with Crippen molar-refractivity contribution in [2.45, 2.75) is 17.7 Å². The number of ketones is 2.